The van der Waals surface area contributed by atoms with Gasteiger partial charge in [0.2, 0.25) is 0 Å². The molecule has 0 aliphatic carbocycles. The van der Waals surface area contributed by atoms with Crippen LogP contribution in [0.1, 0.15) is 25.3 Å². The van der Waals surface area contributed by atoms with Gasteiger partial charge in [-0.25, -0.2) is 0 Å². The summed E-state index contributed by atoms with van der Waals surface area (Å²) >= 11 is 0. The Hall–Kier alpha value is 0.0822. The summed E-state index contributed by atoms with van der Waals surface area (Å²) in [7, 11) is -3.93. The predicted octanol–water partition coefficient (Wildman–Crippen LogP) is 5.79. The third-order valence-corrected chi connectivity index (χ3v) is 5.02. The molecule has 146 valence electrons. The fraction of sp³-hybridized carbons (Fsp3) is 0.143. The van der Waals surface area contributed by atoms with E-state index in [0.29, 0.717) is 17.2 Å². The molecule has 29 heavy (non-hydrogen) atoms. The zero-order valence-electron chi connectivity index (χ0n) is 23.1. The van der Waals surface area contributed by atoms with E-state index >= 15 is 0 Å². The van der Waals surface area contributed by atoms with Crippen molar-refractivity contribution < 1.29 is 26.7 Å². The average Bonchev–Trinajstić information content (AvgIpc) is 2.61. The van der Waals surface area contributed by atoms with Crippen LogP contribution in [0.4, 0.5) is 0 Å². The van der Waals surface area contributed by atoms with E-state index in [1.807, 2.05) is 57.2 Å². The minimum atomic E-state index is -3.93. The summed E-state index contributed by atoms with van der Waals surface area (Å²) in [6.07, 6.45) is 0. The van der Waals surface area contributed by atoms with E-state index in [2.05, 4.69) is 0 Å². The van der Waals surface area contributed by atoms with Gasteiger partial charge in [0.1, 0.15) is 17.2 Å². The molecule has 3 rings (SSSR count). The first-order valence-electron chi connectivity index (χ1n) is 8.31. The van der Waals surface area contributed by atoms with Crippen molar-refractivity contribution in [2.45, 2.75) is 20.8 Å². The van der Waals surface area contributed by atoms with Crippen LogP contribution in [-0.2, 0) is 4.57 Å². The van der Waals surface area contributed by atoms with Crippen LogP contribution in [0.2, 0.25) is 0 Å². The summed E-state index contributed by atoms with van der Waals surface area (Å²) in [5.41, 5.74) is 3.23. The monoisotopic (exact) mass is 462 g/mol. The third kappa shape index (κ3) is 9.40. The second kappa shape index (κ2) is 13.5. The molecule has 0 saturated carbocycles. The largest absolute Gasteiger partial charge is 2.00 e. The molecule has 0 aliphatic heterocycles. The molecule has 3 aromatic rings. The van der Waals surface area contributed by atoms with Crippen LogP contribution in [0.25, 0.3) is 0 Å². The Bertz CT molecular complexity index is 818. The fourth-order valence-corrected chi connectivity index (χ4v) is 3.49. The van der Waals surface area contributed by atoms with Crippen molar-refractivity contribution >= 4 is 91.7 Å². The maximum Gasteiger partial charge on any atom is 2.00 e. The van der Waals surface area contributed by atoms with E-state index in [1.165, 1.54) is 0 Å². The molecule has 0 atom stereocenters. The molecule has 0 saturated heterocycles. The van der Waals surface area contributed by atoms with Crippen LogP contribution in [0, 0.1) is 20.8 Å². The number of hydrogen-bond acceptors (Lipinski definition) is 4. The summed E-state index contributed by atoms with van der Waals surface area (Å²) < 4.78 is 30.2. The summed E-state index contributed by atoms with van der Waals surface area (Å²) in [5.74, 6) is 1.24. The van der Waals surface area contributed by atoms with Gasteiger partial charge < -0.3 is 22.1 Å². The van der Waals surface area contributed by atoms with Crippen LogP contribution < -0.4 is 13.6 Å². The molecule has 4 nitrogen and oxygen atoms in total. The van der Waals surface area contributed by atoms with Crippen LogP contribution >= 0.6 is 7.82 Å². The second-order valence-corrected chi connectivity index (χ2v) is 7.60. The minimum Gasteiger partial charge on any atom is -1.00 e. The molecule has 0 aromatic heterocycles. The van der Waals surface area contributed by atoms with Gasteiger partial charge >= 0.3 is 91.7 Å². The fourth-order valence-electron chi connectivity index (χ4n) is 2.24. The van der Waals surface area contributed by atoms with E-state index in [1.54, 1.807) is 36.4 Å². The SMILES string of the molecule is Cc1ccc(OP(=O)(Oc2ccc(C)cc2)Oc2ccc(C)cc2)cc1.[Ca+2].[H-].[H-].[H-].[H-].[H-].[H-].[Mg+2].[Mg+2]. The molecule has 0 fully saturated rings. The first-order chi connectivity index (χ1) is 12.4. The van der Waals surface area contributed by atoms with E-state index in [4.69, 9.17) is 13.6 Å². The Balaban J connectivity index is -0.000000174. The molecule has 0 N–H and O–H groups in total. The Labute approximate surface area is 243 Å². The van der Waals surface area contributed by atoms with Gasteiger partial charge in [-0.3, -0.25) is 0 Å². The van der Waals surface area contributed by atoms with Gasteiger partial charge in [-0.05, 0) is 57.2 Å². The van der Waals surface area contributed by atoms with Crippen molar-refractivity contribution in [1.29, 1.82) is 0 Å². The summed E-state index contributed by atoms with van der Waals surface area (Å²) in [4.78, 5) is 0. The summed E-state index contributed by atoms with van der Waals surface area (Å²) in [5, 5.41) is 0. The minimum absolute atomic E-state index is 0. The number of aryl methyl sites for hydroxylation is 3. The first-order valence-corrected chi connectivity index (χ1v) is 9.77. The second-order valence-electron chi connectivity index (χ2n) is 6.16. The molecule has 3 aromatic carbocycles. The van der Waals surface area contributed by atoms with Gasteiger partial charge in [0.25, 0.3) is 0 Å². The standard InChI is InChI=1S/C21H21O4P.Ca.2Mg.6H/c1-16-4-10-19(11-5-16)23-26(22,24-20-12-6-17(2)7-13-20)25-21-14-8-18(3)9-15-21;;;;;;;;;/h4-15H,1-3H3;;;;;;;;;/q;3*+2;6*-1. The molecule has 0 radical (unpaired) electrons. The molecule has 0 unspecified atom stereocenters. The van der Waals surface area contributed by atoms with Crippen molar-refractivity contribution in [3.63, 3.8) is 0 Å². The zero-order valence-corrected chi connectivity index (χ0v) is 23.1. The van der Waals surface area contributed by atoms with Gasteiger partial charge in [0.15, 0.2) is 0 Å². The van der Waals surface area contributed by atoms with Crippen molar-refractivity contribution in [2.75, 3.05) is 0 Å². The Morgan fingerprint density at radius 3 is 0.966 bits per heavy atom. The Kier molecular flexibility index (Phi) is 13.5. The van der Waals surface area contributed by atoms with Gasteiger partial charge in [-0.15, -0.1) is 0 Å². The number of rotatable bonds is 6. The topological polar surface area (TPSA) is 44.8 Å². The third-order valence-electron chi connectivity index (χ3n) is 3.71. The zero-order chi connectivity index (χ0) is 18.6. The van der Waals surface area contributed by atoms with E-state index < -0.39 is 7.82 Å². The smallest absolute Gasteiger partial charge is 1.00 e. The van der Waals surface area contributed by atoms with Gasteiger partial charge in [-0.1, -0.05) is 53.1 Å². The number of hydrogen-bond donors (Lipinski definition) is 0. The molecule has 0 aliphatic rings. The van der Waals surface area contributed by atoms with Gasteiger partial charge in [0, 0.05) is 0 Å². The van der Waals surface area contributed by atoms with Crippen molar-refractivity contribution in [2.24, 2.45) is 0 Å². The normalized spacial score (nSPS) is 9.90. The quantitative estimate of drug-likeness (QED) is 0.343. The predicted molar refractivity (Wildman–Crippen MR) is 127 cm³/mol. The van der Waals surface area contributed by atoms with Crippen molar-refractivity contribution in [3.05, 3.63) is 89.5 Å². The van der Waals surface area contributed by atoms with Crippen LogP contribution in [-0.4, -0.2) is 83.8 Å². The molecule has 8 heteroatoms. The maximum atomic E-state index is 13.3. The molecule has 0 amide bonds. The van der Waals surface area contributed by atoms with Crippen LogP contribution in [0.5, 0.6) is 17.2 Å². The van der Waals surface area contributed by atoms with E-state index in [0.717, 1.165) is 16.7 Å². The van der Waals surface area contributed by atoms with Gasteiger partial charge in [0.05, 0.1) is 0 Å². The average molecular weight is 463 g/mol. The van der Waals surface area contributed by atoms with Gasteiger partial charge in [-0.2, -0.15) is 4.57 Å². The van der Waals surface area contributed by atoms with Crippen molar-refractivity contribution in [1.82, 2.24) is 0 Å². The number of phosphoric acid groups is 1. The number of phosphoric ester groups is 1. The van der Waals surface area contributed by atoms with Crippen molar-refractivity contribution in [3.8, 4) is 17.2 Å². The summed E-state index contributed by atoms with van der Waals surface area (Å²) in [6.45, 7) is 5.90. The van der Waals surface area contributed by atoms with E-state index in [9.17, 15) is 4.57 Å². The van der Waals surface area contributed by atoms with E-state index in [-0.39, 0.29) is 92.4 Å². The first kappa shape index (κ1) is 29.1. The number of benzene rings is 3. The van der Waals surface area contributed by atoms with Crippen LogP contribution in [0.3, 0.4) is 0 Å². The molecular weight excluding hydrogens is 436 g/mol. The molecule has 0 heterocycles. The van der Waals surface area contributed by atoms with Crippen LogP contribution in [0.15, 0.2) is 72.8 Å². The molecule has 0 spiro atoms. The summed E-state index contributed by atoms with van der Waals surface area (Å²) in [6, 6.07) is 21.6. The molecular formula is C21H27CaMg2O4P. The Morgan fingerprint density at radius 1 is 0.552 bits per heavy atom. The Morgan fingerprint density at radius 2 is 0.759 bits per heavy atom. The maximum absolute atomic E-state index is 13.3. The molecule has 0 bridgehead atoms.